The van der Waals surface area contributed by atoms with Crippen molar-refractivity contribution in [1.29, 1.82) is 0 Å². The average molecular weight is 852 g/mol. The molecule has 0 N–H and O–H groups in total. The molecule has 0 aliphatic carbocycles. The minimum absolute atomic E-state index is 1.08. The highest BCUT2D eigenvalue weighted by Gasteiger charge is 2.52. The molecule has 2 aromatic carbocycles. The van der Waals surface area contributed by atoms with Crippen LogP contribution in [-0.4, -0.2) is 86.6 Å². The summed E-state index contributed by atoms with van der Waals surface area (Å²) in [6, 6.07) is 20.8. The van der Waals surface area contributed by atoms with Gasteiger partial charge in [-0.3, -0.25) is 0 Å². The monoisotopic (exact) mass is 850 g/mol. The van der Waals surface area contributed by atoms with E-state index >= 15 is 0 Å². The van der Waals surface area contributed by atoms with E-state index in [4.69, 9.17) is 37.0 Å². The molecule has 0 heterocycles. The molecule has 0 aliphatic rings. The topological polar surface area (TPSA) is 83.1 Å². The second-order valence-corrected chi connectivity index (χ2v) is 50.0. The Labute approximate surface area is 310 Å². The summed E-state index contributed by atoms with van der Waals surface area (Å²) in [5, 5.41) is 2.17. The lowest BCUT2D eigenvalue weighted by Gasteiger charge is -2.45. The Hall–Kier alpha value is 0.249. The summed E-state index contributed by atoms with van der Waals surface area (Å²) >= 11 is 0. The van der Waals surface area contributed by atoms with Crippen LogP contribution >= 0.6 is 0 Å². The van der Waals surface area contributed by atoms with Gasteiger partial charge in [0.2, 0.25) is 0 Å². The van der Waals surface area contributed by atoms with Crippen LogP contribution in [-0.2, 0) is 37.0 Å². The SMILES string of the molecule is C[SiH](C)O[Si](C)(C)O[Si](C)(C)O[Si](C)(C)O[Si](C)(C)O[Si](C)(C)O[Si](C)(C)O[Si](C)(C)O[Si](O[SiH](C)C)(c1ccccc1)c1ccccc1. The first-order valence-corrected chi connectivity index (χ1v) is 44.5. The van der Waals surface area contributed by atoms with Gasteiger partial charge >= 0.3 is 68.5 Å². The van der Waals surface area contributed by atoms with E-state index in [1.807, 2.05) is 12.1 Å². The molecule has 0 aliphatic heterocycles. The Morgan fingerprint density at radius 2 is 0.571 bits per heavy atom. The van der Waals surface area contributed by atoms with E-state index in [1.54, 1.807) is 0 Å². The van der Waals surface area contributed by atoms with Crippen molar-refractivity contribution in [2.24, 2.45) is 0 Å². The van der Waals surface area contributed by atoms with Crippen molar-refractivity contribution in [1.82, 2.24) is 0 Å². The molecule has 0 fully saturated rings. The second kappa shape index (κ2) is 17.2. The standard InChI is InChI=1S/C30H66O9Si10/c1-40(2)31-42(5,6)33-43(7,8)34-44(9,10)35-45(11,12)36-46(13,14)37-47(15,16)38-48(17,18)39-49(32-41(3)4,29-25-21-19-22-26-29)30-27-23-20-24-28-30/h19-28,40-41H,1-18H3. The van der Waals surface area contributed by atoms with Gasteiger partial charge in [-0.05, 0) is 128 Å². The van der Waals surface area contributed by atoms with Crippen LogP contribution < -0.4 is 10.4 Å². The maximum atomic E-state index is 7.29. The highest BCUT2D eigenvalue weighted by Crippen LogP contribution is 2.30. The van der Waals surface area contributed by atoms with Crippen molar-refractivity contribution in [2.75, 3.05) is 0 Å². The van der Waals surface area contributed by atoms with Gasteiger partial charge in [0, 0.05) is 0 Å². The van der Waals surface area contributed by atoms with E-state index in [1.165, 1.54) is 0 Å². The summed E-state index contributed by atoms with van der Waals surface area (Å²) in [7, 11) is -24.4. The smallest absolute Gasteiger partial charge is 0.387 e. The van der Waals surface area contributed by atoms with Gasteiger partial charge in [0.05, 0.1) is 0 Å². The minimum Gasteiger partial charge on any atom is -0.440 e. The molecule has 2 aromatic rings. The highest BCUT2D eigenvalue weighted by atomic mass is 28.5. The summed E-state index contributed by atoms with van der Waals surface area (Å²) in [6.45, 7) is 38.0. The number of hydrogen-bond donors (Lipinski definition) is 0. The molecule has 2 rings (SSSR count). The third kappa shape index (κ3) is 16.0. The van der Waals surface area contributed by atoms with Crippen molar-refractivity contribution >= 4 is 96.9 Å². The third-order valence-electron chi connectivity index (χ3n) is 6.57. The lowest BCUT2D eigenvalue weighted by molar-refractivity contribution is 0.259. The molecule has 49 heavy (non-hydrogen) atoms. The maximum Gasteiger partial charge on any atom is 0.387 e. The van der Waals surface area contributed by atoms with E-state index in [2.05, 4.69) is 166 Å². The van der Waals surface area contributed by atoms with Crippen LogP contribution in [0.3, 0.4) is 0 Å². The molecule has 0 bridgehead atoms. The summed E-state index contributed by atoms with van der Waals surface area (Å²) in [5.41, 5.74) is 0. The van der Waals surface area contributed by atoms with Gasteiger partial charge in [0.25, 0.3) is 0 Å². The van der Waals surface area contributed by atoms with Gasteiger partial charge in [-0.25, -0.2) is 0 Å². The molecule has 0 aromatic heterocycles. The zero-order valence-corrected chi connectivity index (χ0v) is 43.9. The van der Waals surface area contributed by atoms with E-state index in [-0.39, 0.29) is 0 Å². The van der Waals surface area contributed by atoms with Crippen molar-refractivity contribution in [3.8, 4) is 0 Å². The van der Waals surface area contributed by atoms with Gasteiger partial charge < -0.3 is 37.0 Å². The first kappa shape index (κ1) is 45.4. The third-order valence-corrected chi connectivity index (χ3v) is 42.8. The largest absolute Gasteiger partial charge is 0.440 e. The van der Waals surface area contributed by atoms with E-state index in [0.717, 1.165) is 10.4 Å². The van der Waals surface area contributed by atoms with Crippen LogP contribution in [0.25, 0.3) is 0 Å². The molecule has 0 atom stereocenters. The normalized spacial score (nSPS) is 14.6. The highest BCUT2D eigenvalue weighted by molar-refractivity contribution is 7.01. The molecule has 0 radical (unpaired) electrons. The van der Waals surface area contributed by atoms with Crippen LogP contribution in [0.4, 0.5) is 0 Å². The van der Waals surface area contributed by atoms with Crippen molar-refractivity contribution in [3.05, 3.63) is 60.7 Å². The molecule has 19 heteroatoms. The number of benzene rings is 2. The van der Waals surface area contributed by atoms with Gasteiger partial charge in [-0.15, -0.1) is 0 Å². The Balaban J connectivity index is 2.24. The molecule has 0 spiro atoms. The molecule has 280 valence electrons. The second-order valence-electron chi connectivity index (χ2n) is 16.2. The number of rotatable bonds is 20. The average Bonchev–Trinajstić information content (AvgIpc) is 2.83. The molecule has 9 nitrogen and oxygen atoms in total. The molecule has 0 saturated heterocycles. The first-order valence-electron chi connectivity index (χ1n) is 17.4. The lowest BCUT2D eigenvalue weighted by atomic mass is 10.4. The van der Waals surface area contributed by atoms with Crippen LogP contribution in [0.5, 0.6) is 0 Å². The van der Waals surface area contributed by atoms with Gasteiger partial charge in [0.15, 0.2) is 18.1 Å². The molecule has 0 unspecified atom stereocenters. The molecular formula is C30H66O9Si10. The van der Waals surface area contributed by atoms with Crippen LogP contribution in [0.1, 0.15) is 0 Å². The summed E-state index contributed by atoms with van der Waals surface area (Å²) in [5.74, 6) is 0. The molecule has 0 saturated carbocycles. The predicted octanol–water partition coefficient (Wildman–Crippen LogP) is 7.27. The van der Waals surface area contributed by atoms with E-state index in [9.17, 15) is 0 Å². The van der Waals surface area contributed by atoms with Crippen molar-refractivity contribution < 1.29 is 37.0 Å². The van der Waals surface area contributed by atoms with Gasteiger partial charge in [-0.1, -0.05) is 60.7 Å². The Bertz CT molecular complexity index is 1270. The fourth-order valence-corrected chi connectivity index (χ4v) is 53.2. The van der Waals surface area contributed by atoms with Crippen LogP contribution in [0.2, 0.25) is 118 Å². The van der Waals surface area contributed by atoms with Crippen molar-refractivity contribution in [2.45, 2.75) is 118 Å². The zero-order chi connectivity index (χ0) is 37.7. The van der Waals surface area contributed by atoms with Gasteiger partial charge in [-0.2, -0.15) is 0 Å². The molecular weight excluding hydrogens is 785 g/mol. The predicted molar refractivity (Wildman–Crippen MR) is 228 cm³/mol. The van der Waals surface area contributed by atoms with Gasteiger partial charge in [0.1, 0.15) is 0 Å². The summed E-state index contributed by atoms with van der Waals surface area (Å²) in [4.78, 5) is 0. The Morgan fingerprint density at radius 1 is 0.327 bits per heavy atom. The molecule has 0 amide bonds. The Kier molecular flexibility index (Phi) is 15.9. The maximum absolute atomic E-state index is 7.29. The lowest BCUT2D eigenvalue weighted by Crippen LogP contribution is -2.70. The minimum atomic E-state index is -3.10. The van der Waals surface area contributed by atoms with Crippen LogP contribution in [0, 0.1) is 0 Å². The van der Waals surface area contributed by atoms with E-state index in [0.29, 0.717) is 0 Å². The Morgan fingerprint density at radius 3 is 0.837 bits per heavy atom. The van der Waals surface area contributed by atoms with E-state index < -0.39 is 86.6 Å². The van der Waals surface area contributed by atoms with Crippen LogP contribution in [0.15, 0.2) is 60.7 Å². The quantitative estimate of drug-likeness (QED) is 0.128. The summed E-state index contributed by atoms with van der Waals surface area (Å²) < 4.78 is 61.3. The van der Waals surface area contributed by atoms with Crippen molar-refractivity contribution in [3.63, 3.8) is 0 Å². The first-order chi connectivity index (χ1) is 22.0. The number of hydrogen-bond acceptors (Lipinski definition) is 9. The fraction of sp³-hybridized carbons (Fsp3) is 0.600. The fourth-order valence-electron chi connectivity index (χ4n) is 6.71. The zero-order valence-electron chi connectivity index (χ0n) is 33.6. The summed E-state index contributed by atoms with van der Waals surface area (Å²) in [6.07, 6.45) is 0.